The average molecular weight is 313 g/mol. The first-order valence-electron chi connectivity index (χ1n) is 7.61. The molecule has 1 atom stereocenters. The Morgan fingerprint density at radius 1 is 1.48 bits per heavy atom. The van der Waals surface area contributed by atoms with Crippen molar-refractivity contribution in [3.05, 3.63) is 28.8 Å². The van der Waals surface area contributed by atoms with Gasteiger partial charge in [0.2, 0.25) is 0 Å². The van der Waals surface area contributed by atoms with Crippen LogP contribution in [0.1, 0.15) is 18.9 Å². The van der Waals surface area contributed by atoms with Crippen molar-refractivity contribution in [2.24, 2.45) is 0 Å². The smallest absolute Gasteiger partial charge is 0.138 e. The lowest BCUT2D eigenvalue weighted by Gasteiger charge is -2.29. The van der Waals surface area contributed by atoms with Gasteiger partial charge in [0.1, 0.15) is 18.5 Å². The van der Waals surface area contributed by atoms with Crippen LogP contribution in [-0.4, -0.2) is 50.9 Å². The first kappa shape index (κ1) is 16.6. The highest BCUT2D eigenvalue weighted by atomic mass is 35.5. The first-order valence-corrected chi connectivity index (χ1v) is 7.99. The van der Waals surface area contributed by atoms with Gasteiger partial charge in [0.25, 0.3) is 0 Å². The summed E-state index contributed by atoms with van der Waals surface area (Å²) in [7, 11) is 2.10. The van der Waals surface area contributed by atoms with Crippen LogP contribution in [0.15, 0.2) is 18.2 Å². The Balaban J connectivity index is 1.82. The number of benzene rings is 1. The molecule has 1 saturated heterocycles. The molecule has 1 heterocycles. The molecule has 21 heavy (non-hydrogen) atoms. The maximum Gasteiger partial charge on any atom is 0.138 e. The minimum atomic E-state index is 0.116. The molecule has 4 nitrogen and oxygen atoms in total. The van der Waals surface area contributed by atoms with E-state index in [0.29, 0.717) is 11.6 Å². The van der Waals surface area contributed by atoms with Crippen LogP contribution in [0.3, 0.4) is 0 Å². The SMILES string of the molecule is CCCNCc1ccc(OCC2CN(C)CCO2)c(Cl)c1. The summed E-state index contributed by atoms with van der Waals surface area (Å²) in [6.45, 7) is 7.19. The van der Waals surface area contributed by atoms with Crippen LogP contribution in [-0.2, 0) is 11.3 Å². The van der Waals surface area contributed by atoms with Gasteiger partial charge in [0.15, 0.2) is 0 Å². The summed E-state index contributed by atoms with van der Waals surface area (Å²) < 4.78 is 11.5. The lowest BCUT2D eigenvalue weighted by atomic mass is 10.2. The van der Waals surface area contributed by atoms with E-state index >= 15 is 0 Å². The number of nitrogens with one attached hydrogen (secondary N) is 1. The maximum atomic E-state index is 6.28. The Kier molecular flexibility index (Phi) is 6.77. The van der Waals surface area contributed by atoms with Crippen LogP contribution in [0.2, 0.25) is 5.02 Å². The first-order chi connectivity index (χ1) is 10.2. The van der Waals surface area contributed by atoms with Gasteiger partial charge in [-0.05, 0) is 37.7 Å². The largest absolute Gasteiger partial charge is 0.489 e. The standard InChI is InChI=1S/C16H25ClN2O2/c1-3-6-18-10-13-4-5-16(15(17)9-13)21-12-14-11-19(2)7-8-20-14/h4-5,9,14,18H,3,6-8,10-12H2,1-2H3. The number of likely N-dealkylation sites (N-methyl/N-ethyl adjacent to an activating group) is 1. The Hall–Kier alpha value is -0.810. The molecule has 0 amide bonds. The predicted molar refractivity (Wildman–Crippen MR) is 86.2 cm³/mol. The summed E-state index contributed by atoms with van der Waals surface area (Å²) in [4.78, 5) is 2.25. The van der Waals surface area contributed by atoms with Crippen LogP contribution >= 0.6 is 11.6 Å². The molecule has 118 valence electrons. The third kappa shape index (κ3) is 5.47. The highest BCUT2D eigenvalue weighted by Crippen LogP contribution is 2.26. The molecule has 0 aliphatic carbocycles. The summed E-state index contributed by atoms with van der Waals surface area (Å²) in [5, 5.41) is 4.02. The van der Waals surface area contributed by atoms with Crippen LogP contribution in [0.4, 0.5) is 0 Å². The van der Waals surface area contributed by atoms with E-state index < -0.39 is 0 Å². The minimum Gasteiger partial charge on any atom is -0.489 e. The van der Waals surface area contributed by atoms with E-state index in [-0.39, 0.29) is 6.10 Å². The zero-order valence-corrected chi connectivity index (χ0v) is 13.7. The number of morpholine rings is 1. The van der Waals surface area contributed by atoms with Gasteiger partial charge in [-0.1, -0.05) is 24.6 Å². The van der Waals surface area contributed by atoms with Gasteiger partial charge in [0.05, 0.1) is 11.6 Å². The van der Waals surface area contributed by atoms with Crippen molar-refractivity contribution in [3.63, 3.8) is 0 Å². The van der Waals surface area contributed by atoms with Crippen molar-refractivity contribution in [2.45, 2.75) is 26.0 Å². The van der Waals surface area contributed by atoms with Crippen LogP contribution in [0, 0.1) is 0 Å². The number of ether oxygens (including phenoxy) is 2. The summed E-state index contributed by atoms with van der Waals surface area (Å²) >= 11 is 6.28. The van der Waals surface area contributed by atoms with Crippen molar-refractivity contribution in [1.29, 1.82) is 0 Å². The fraction of sp³-hybridized carbons (Fsp3) is 0.625. The second kappa shape index (κ2) is 8.59. The molecule has 0 bridgehead atoms. The normalized spacial score (nSPS) is 19.7. The van der Waals surface area contributed by atoms with E-state index in [0.717, 1.165) is 45.0 Å². The van der Waals surface area contributed by atoms with Crippen LogP contribution in [0.5, 0.6) is 5.75 Å². The molecule has 0 spiro atoms. The maximum absolute atomic E-state index is 6.28. The second-order valence-corrected chi connectivity index (χ2v) is 5.91. The van der Waals surface area contributed by atoms with Crippen LogP contribution in [0.25, 0.3) is 0 Å². The molecule has 1 aliphatic heterocycles. The molecule has 1 fully saturated rings. The van der Waals surface area contributed by atoms with Gasteiger partial charge in [0, 0.05) is 19.6 Å². The molecular weight excluding hydrogens is 288 g/mol. The van der Waals surface area contributed by atoms with Crippen molar-refractivity contribution in [2.75, 3.05) is 39.9 Å². The van der Waals surface area contributed by atoms with Gasteiger partial charge in [-0.25, -0.2) is 0 Å². The Labute approximate surface area is 132 Å². The van der Waals surface area contributed by atoms with Crippen molar-refractivity contribution in [3.8, 4) is 5.75 Å². The Morgan fingerprint density at radius 2 is 2.33 bits per heavy atom. The van der Waals surface area contributed by atoms with E-state index in [1.165, 1.54) is 5.56 Å². The molecule has 1 aliphatic rings. The van der Waals surface area contributed by atoms with Crippen molar-refractivity contribution in [1.82, 2.24) is 10.2 Å². The highest BCUT2D eigenvalue weighted by Gasteiger charge is 2.18. The lowest BCUT2D eigenvalue weighted by molar-refractivity contribution is -0.0403. The quantitative estimate of drug-likeness (QED) is 0.785. The zero-order chi connectivity index (χ0) is 15.1. The molecule has 0 saturated carbocycles. The van der Waals surface area contributed by atoms with E-state index in [9.17, 15) is 0 Å². The van der Waals surface area contributed by atoms with E-state index in [1.54, 1.807) is 0 Å². The zero-order valence-electron chi connectivity index (χ0n) is 12.9. The Morgan fingerprint density at radius 3 is 3.05 bits per heavy atom. The van der Waals surface area contributed by atoms with Crippen LogP contribution < -0.4 is 10.1 Å². The summed E-state index contributed by atoms with van der Waals surface area (Å²) in [5.74, 6) is 0.729. The van der Waals surface area contributed by atoms with Gasteiger partial charge < -0.3 is 19.7 Å². The van der Waals surface area contributed by atoms with Gasteiger partial charge in [-0.2, -0.15) is 0 Å². The summed E-state index contributed by atoms with van der Waals surface area (Å²) in [5.41, 5.74) is 1.18. The van der Waals surface area contributed by atoms with Gasteiger partial charge in [-0.15, -0.1) is 0 Å². The molecule has 5 heteroatoms. The van der Waals surface area contributed by atoms with E-state index in [4.69, 9.17) is 21.1 Å². The highest BCUT2D eigenvalue weighted by molar-refractivity contribution is 6.32. The number of hydrogen-bond acceptors (Lipinski definition) is 4. The average Bonchev–Trinajstić information content (AvgIpc) is 2.47. The van der Waals surface area contributed by atoms with E-state index in [1.807, 2.05) is 12.1 Å². The van der Waals surface area contributed by atoms with Crippen molar-refractivity contribution >= 4 is 11.6 Å². The molecule has 1 unspecified atom stereocenters. The molecule has 1 aromatic carbocycles. The topological polar surface area (TPSA) is 33.7 Å². The molecule has 1 aromatic rings. The lowest BCUT2D eigenvalue weighted by Crippen LogP contribution is -2.42. The molecule has 0 aromatic heterocycles. The van der Waals surface area contributed by atoms with Gasteiger partial charge >= 0.3 is 0 Å². The fourth-order valence-electron chi connectivity index (χ4n) is 2.33. The summed E-state index contributed by atoms with van der Waals surface area (Å²) in [6.07, 6.45) is 1.25. The monoisotopic (exact) mass is 312 g/mol. The van der Waals surface area contributed by atoms with Gasteiger partial charge in [-0.3, -0.25) is 0 Å². The third-order valence-corrected chi connectivity index (χ3v) is 3.81. The molecule has 2 rings (SSSR count). The predicted octanol–water partition coefficient (Wildman–Crippen LogP) is 2.55. The number of nitrogens with zero attached hydrogens (tertiary/aromatic N) is 1. The minimum absolute atomic E-state index is 0.116. The number of halogens is 1. The second-order valence-electron chi connectivity index (χ2n) is 5.51. The number of rotatable bonds is 7. The molecule has 0 radical (unpaired) electrons. The fourth-order valence-corrected chi connectivity index (χ4v) is 2.59. The third-order valence-electron chi connectivity index (χ3n) is 3.52. The van der Waals surface area contributed by atoms with E-state index in [2.05, 4.69) is 30.3 Å². The molecule has 1 N–H and O–H groups in total. The Bertz CT molecular complexity index is 442. The molecular formula is C16H25ClN2O2. The summed E-state index contributed by atoms with van der Waals surface area (Å²) in [6, 6.07) is 5.96. The van der Waals surface area contributed by atoms with Crippen molar-refractivity contribution < 1.29 is 9.47 Å². The number of hydrogen-bond donors (Lipinski definition) is 1.